The Bertz CT molecular complexity index is 225. The van der Waals surface area contributed by atoms with E-state index in [4.69, 9.17) is 16.6 Å². The molecule has 0 saturated heterocycles. The van der Waals surface area contributed by atoms with Crippen molar-refractivity contribution in [3.05, 3.63) is 0 Å². The van der Waals surface area contributed by atoms with Gasteiger partial charge in [0.2, 0.25) is 5.91 Å². The molecule has 0 heterocycles. The van der Waals surface area contributed by atoms with E-state index in [2.05, 4.69) is 10.3 Å². The number of nitrogens with two attached hydrogens (primary N) is 2. The maximum absolute atomic E-state index is 10.4. The minimum Gasteiger partial charge on any atom is -0.381 e. The molecule has 1 aliphatic rings. The molecule has 1 aliphatic carbocycles. The fraction of sp³-hybridized carbons (Fsp3) is 0.714. The predicted molar refractivity (Wildman–Crippen MR) is 47.8 cm³/mol. The molecule has 74 valence electrons. The molecule has 0 aliphatic heterocycles. The van der Waals surface area contributed by atoms with E-state index < -0.39 is 12.0 Å². The highest BCUT2D eigenvalue weighted by molar-refractivity contribution is 5.81. The van der Waals surface area contributed by atoms with E-state index in [0.717, 1.165) is 12.8 Å². The van der Waals surface area contributed by atoms with E-state index in [0.29, 0.717) is 6.04 Å². The lowest BCUT2D eigenvalue weighted by molar-refractivity contribution is -0.125. The fourth-order valence-corrected chi connectivity index (χ4v) is 0.757. The number of aliphatic hydroxyl groups is 1. The molecular formula is C7H14N4O2. The lowest BCUT2D eigenvalue weighted by atomic mass is 10.3. The van der Waals surface area contributed by atoms with Crippen molar-refractivity contribution in [2.24, 2.45) is 16.5 Å². The monoisotopic (exact) mass is 186 g/mol. The predicted octanol–water partition coefficient (Wildman–Crippen LogP) is -2.10. The molecule has 1 fully saturated rings. The molecule has 6 nitrogen and oxygen atoms in total. The fourth-order valence-electron chi connectivity index (χ4n) is 0.757. The number of aliphatic hydroxyl groups excluding tert-OH is 1. The molecule has 1 saturated carbocycles. The van der Waals surface area contributed by atoms with E-state index in [1.165, 1.54) is 0 Å². The SMILES string of the molecule is NC(=O)C(O)CN=C(N)NC1CC1. The van der Waals surface area contributed by atoms with Crippen molar-refractivity contribution >= 4 is 11.9 Å². The van der Waals surface area contributed by atoms with Crippen molar-refractivity contribution in [2.75, 3.05) is 6.54 Å². The Labute approximate surface area is 76.0 Å². The topological polar surface area (TPSA) is 114 Å². The van der Waals surface area contributed by atoms with Gasteiger partial charge in [0, 0.05) is 6.04 Å². The van der Waals surface area contributed by atoms with Crippen LogP contribution < -0.4 is 16.8 Å². The van der Waals surface area contributed by atoms with E-state index in [-0.39, 0.29) is 12.5 Å². The smallest absolute Gasteiger partial charge is 0.248 e. The van der Waals surface area contributed by atoms with E-state index in [1.54, 1.807) is 0 Å². The van der Waals surface area contributed by atoms with Gasteiger partial charge in [-0.15, -0.1) is 0 Å². The van der Waals surface area contributed by atoms with Gasteiger partial charge < -0.3 is 21.9 Å². The Morgan fingerprint density at radius 2 is 2.23 bits per heavy atom. The van der Waals surface area contributed by atoms with Crippen LogP contribution in [0.1, 0.15) is 12.8 Å². The lowest BCUT2D eigenvalue weighted by Crippen LogP contribution is -2.36. The molecule has 1 unspecified atom stereocenters. The number of carbonyl (C=O) groups excluding carboxylic acids is 1. The van der Waals surface area contributed by atoms with E-state index >= 15 is 0 Å². The molecule has 1 atom stereocenters. The largest absolute Gasteiger partial charge is 0.381 e. The molecule has 0 aromatic heterocycles. The van der Waals surface area contributed by atoms with Crippen molar-refractivity contribution in [1.82, 2.24) is 5.32 Å². The van der Waals surface area contributed by atoms with Crippen LogP contribution in [0.2, 0.25) is 0 Å². The molecule has 0 aromatic rings. The molecule has 6 heteroatoms. The van der Waals surface area contributed by atoms with Gasteiger partial charge in [0.1, 0.15) is 0 Å². The Balaban J connectivity index is 2.23. The molecule has 0 bridgehead atoms. The van der Waals surface area contributed by atoms with Gasteiger partial charge in [-0.25, -0.2) is 0 Å². The lowest BCUT2D eigenvalue weighted by Gasteiger charge is -2.05. The Morgan fingerprint density at radius 3 is 2.69 bits per heavy atom. The minimum absolute atomic E-state index is 0.0825. The maximum atomic E-state index is 10.4. The van der Waals surface area contributed by atoms with Gasteiger partial charge in [-0.1, -0.05) is 0 Å². The zero-order valence-corrected chi connectivity index (χ0v) is 7.23. The second-order valence-corrected chi connectivity index (χ2v) is 3.06. The zero-order valence-electron chi connectivity index (χ0n) is 7.23. The van der Waals surface area contributed by atoms with Gasteiger partial charge in [-0.2, -0.15) is 0 Å². The molecule has 0 radical (unpaired) electrons. The maximum Gasteiger partial charge on any atom is 0.248 e. The summed E-state index contributed by atoms with van der Waals surface area (Å²) in [6, 6.07) is 0.412. The highest BCUT2D eigenvalue weighted by Gasteiger charge is 2.21. The number of guanidine groups is 1. The van der Waals surface area contributed by atoms with Crippen LogP contribution in [-0.4, -0.2) is 35.7 Å². The normalized spacial score (nSPS) is 19.6. The van der Waals surface area contributed by atoms with Crippen LogP contribution in [0, 0.1) is 0 Å². The van der Waals surface area contributed by atoms with Crippen molar-refractivity contribution in [3.8, 4) is 0 Å². The van der Waals surface area contributed by atoms with Crippen molar-refractivity contribution in [1.29, 1.82) is 0 Å². The third-order valence-corrected chi connectivity index (χ3v) is 1.69. The van der Waals surface area contributed by atoms with Crippen LogP contribution in [-0.2, 0) is 4.79 Å². The molecule has 0 aromatic carbocycles. The number of hydrogen-bond acceptors (Lipinski definition) is 3. The van der Waals surface area contributed by atoms with Gasteiger partial charge in [0.25, 0.3) is 0 Å². The third-order valence-electron chi connectivity index (χ3n) is 1.69. The first-order valence-electron chi connectivity index (χ1n) is 4.13. The number of nitrogens with one attached hydrogen (secondary N) is 1. The summed E-state index contributed by atoms with van der Waals surface area (Å²) in [7, 11) is 0. The molecular weight excluding hydrogens is 172 g/mol. The number of primary amides is 1. The summed E-state index contributed by atoms with van der Waals surface area (Å²) in [4.78, 5) is 14.1. The first-order chi connectivity index (χ1) is 6.09. The highest BCUT2D eigenvalue weighted by atomic mass is 16.3. The second-order valence-electron chi connectivity index (χ2n) is 3.06. The Kier molecular flexibility index (Phi) is 3.07. The number of hydrogen-bond donors (Lipinski definition) is 4. The van der Waals surface area contributed by atoms with Crippen LogP contribution in [0.5, 0.6) is 0 Å². The molecule has 1 rings (SSSR count). The minimum atomic E-state index is -1.25. The van der Waals surface area contributed by atoms with Gasteiger partial charge in [-0.05, 0) is 12.8 Å². The van der Waals surface area contributed by atoms with Gasteiger partial charge in [0.15, 0.2) is 12.1 Å². The summed E-state index contributed by atoms with van der Waals surface area (Å²) in [6.07, 6.45) is 0.933. The average molecular weight is 186 g/mol. The quantitative estimate of drug-likeness (QED) is 0.297. The number of nitrogens with zero attached hydrogens (tertiary/aromatic N) is 1. The van der Waals surface area contributed by atoms with Crippen LogP contribution in [0.15, 0.2) is 4.99 Å². The summed E-state index contributed by atoms with van der Waals surface area (Å²) >= 11 is 0. The summed E-state index contributed by atoms with van der Waals surface area (Å²) in [5.74, 6) is -0.536. The van der Waals surface area contributed by atoms with Gasteiger partial charge in [0.05, 0.1) is 6.54 Å². The molecule has 6 N–H and O–H groups in total. The van der Waals surface area contributed by atoms with Crippen LogP contribution in [0.25, 0.3) is 0 Å². The number of rotatable bonds is 4. The summed E-state index contributed by atoms with van der Waals surface area (Å²) in [5.41, 5.74) is 10.3. The van der Waals surface area contributed by atoms with Crippen molar-refractivity contribution < 1.29 is 9.90 Å². The molecule has 1 amide bonds. The van der Waals surface area contributed by atoms with E-state index in [9.17, 15) is 4.79 Å². The summed E-state index contributed by atoms with van der Waals surface area (Å²) < 4.78 is 0. The van der Waals surface area contributed by atoms with Crippen molar-refractivity contribution in [3.63, 3.8) is 0 Å². The van der Waals surface area contributed by atoms with Crippen LogP contribution >= 0.6 is 0 Å². The highest BCUT2D eigenvalue weighted by Crippen LogP contribution is 2.17. The number of aliphatic imine (C=N–C) groups is 1. The first-order valence-corrected chi connectivity index (χ1v) is 4.13. The number of carbonyl (C=O) groups is 1. The Morgan fingerprint density at radius 1 is 1.62 bits per heavy atom. The van der Waals surface area contributed by atoms with Crippen molar-refractivity contribution in [2.45, 2.75) is 25.0 Å². The third kappa shape index (κ3) is 3.75. The average Bonchev–Trinajstić information content (AvgIpc) is 2.83. The first kappa shape index (κ1) is 9.79. The molecule has 0 spiro atoms. The van der Waals surface area contributed by atoms with Gasteiger partial charge in [-0.3, -0.25) is 9.79 Å². The second kappa shape index (κ2) is 4.08. The standard InChI is InChI=1S/C7H14N4O2/c8-6(13)5(12)3-10-7(9)11-4-1-2-4/h4-5,12H,1-3H2,(H2,8,13)(H3,9,10,11). The van der Waals surface area contributed by atoms with E-state index in [1.807, 2.05) is 0 Å². The van der Waals surface area contributed by atoms with Gasteiger partial charge >= 0.3 is 0 Å². The van der Waals surface area contributed by atoms with Crippen LogP contribution in [0.3, 0.4) is 0 Å². The van der Waals surface area contributed by atoms with Crippen LogP contribution in [0.4, 0.5) is 0 Å². The summed E-state index contributed by atoms with van der Waals surface area (Å²) in [5, 5.41) is 11.9. The summed E-state index contributed by atoms with van der Waals surface area (Å²) in [6.45, 7) is -0.0825. The number of amides is 1. The Hall–Kier alpha value is -1.30. The molecule has 13 heavy (non-hydrogen) atoms. The zero-order chi connectivity index (χ0) is 9.84.